The zero-order chi connectivity index (χ0) is 14.7. The number of aryl methyl sites for hydroxylation is 1. The molecule has 2 aromatic rings. The number of halogens is 2. The zero-order valence-corrected chi connectivity index (χ0v) is 13.5. The van der Waals surface area contributed by atoms with Crippen molar-refractivity contribution in [3.63, 3.8) is 0 Å². The predicted molar refractivity (Wildman–Crippen MR) is 82.1 cm³/mol. The summed E-state index contributed by atoms with van der Waals surface area (Å²) < 4.78 is 15.7. The summed E-state index contributed by atoms with van der Waals surface area (Å²) in [6.07, 6.45) is 2.04. The van der Waals surface area contributed by atoms with Crippen LogP contribution in [0.5, 0.6) is 0 Å². The third-order valence-electron chi connectivity index (χ3n) is 3.10. The Morgan fingerprint density at radius 3 is 2.75 bits per heavy atom. The van der Waals surface area contributed by atoms with Gasteiger partial charge in [0, 0.05) is 28.8 Å². The lowest BCUT2D eigenvalue weighted by Gasteiger charge is -2.06. The average molecular weight is 340 g/mol. The number of nitrogens with zero attached hydrogens (tertiary/aromatic N) is 2. The molecule has 0 spiro atoms. The van der Waals surface area contributed by atoms with Crippen molar-refractivity contribution in [3.8, 4) is 0 Å². The van der Waals surface area contributed by atoms with E-state index in [0.29, 0.717) is 12.6 Å². The highest BCUT2D eigenvalue weighted by Gasteiger charge is 2.08. The lowest BCUT2D eigenvalue weighted by Crippen LogP contribution is -2.21. The molecule has 1 N–H and O–H groups in total. The number of benzene rings is 1. The first kappa shape index (κ1) is 15.2. The summed E-state index contributed by atoms with van der Waals surface area (Å²) in [4.78, 5) is 0. The van der Waals surface area contributed by atoms with Crippen LogP contribution in [0.4, 0.5) is 4.39 Å². The molecule has 2 rings (SSSR count). The van der Waals surface area contributed by atoms with Gasteiger partial charge in [0.15, 0.2) is 0 Å². The average Bonchev–Trinajstić information content (AvgIpc) is 2.71. The first-order valence-corrected chi connectivity index (χ1v) is 7.45. The van der Waals surface area contributed by atoms with Crippen LogP contribution in [0, 0.1) is 12.7 Å². The highest BCUT2D eigenvalue weighted by Crippen LogP contribution is 2.19. The van der Waals surface area contributed by atoms with Crippen LogP contribution in [0.15, 0.2) is 28.9 Å². The van der Waals surface area contributed by atoms with Gasteiger partial charge in [-0.2, -0.15) is 5.10 Å². The molecule has 0 aliphatic rings. The van der Waals surface area contributed by atoms with E-state index in [0.717, 1.165) is 22.3 Å². The fourth-order valence-corrected chi connectivity index (χ4v) is 2.43. The molecule has 108 valence electrons. The molecule has 0 amide bonds. The highest BCUT2D eigenvalue weighted by atomic mass is 79.9. The molecule has 0 unspecified atom stereocenters. The molecule has 0 saturated heterocycles. The van der Waals surface area contributed by atoms with Gasteiger partial charge >= 0.3 is 0 Å². The summed E-state index contributed by atoms with van der Waals surface area (Å²) in [7, 11) is 0. The third-order valence-corrected chi connectivity index (χ3v) is 3.83. The third kappa shape index (κ3) is 3.90. The Kier molecular flexibility index (Phi) is 4.94. The first-order valence-electron chi connectivity index (χ1n) is 6.66. The van der Waals surface area contributed by atoms with Crippen LogP contribution in [0.3, 0.4) is 0 Å². The number of aromatic nitrogens is 2. The molecule has 0 aliphatic heterocycles. The number of hydrogen-bond acceptors (Lipinski definition) is 2. The molecule has 0 bridgehead atoms. The van der Waals surface area contributed by atoms with E-state index in [2.05, 4.69) is 40.2 Å². The number of rotatable bonds is 5. The van der Waals surface area contributed by atoms with Crippen molar-refractivity contribution >= 4 is 15.9 Å². The van der Waals surface area contributed by atoms with Crippen LogP contribution in [0.25, 0.3) is 0 Å². The van der Waals surface area contributed by atoms with Crippen LogP contribution < -0.4 is 5.32 Å². The van der Waals surface area contributed by atoms with Gasteiger partial charge in [0.05, 0.1) is 12.2 Å². The summed E-state index contributed by atoms with van der Waals surface area (Å²) in [6, 6.07) is 5.18. The number of nitrogens with one attached hydrogen (secondary N) is 1. The molecule has 5 heteroatoms. The maximum atomic E-state index is 13.1. The van der Waals surface area contributed by atoms with E-state index in [1.807, 2.05) is 17.8 Å². The maximum absolute atomic E-state index is 13.1. The van der Waals surface area contributed by atoms with Crippen molar-refractivity contribution in [2.24, 2.45) is 0 Å². The molecule has 1 aromatic carbocycles. The van der Waals surface area contributed by atoms with E-state index < -0.39 is 0 Å². The van der Waals surface area contributed by atoms with Crippen molar-refractivity contribution in [2.75, 3.05) is 0 Å². The number of hydrogen-bond donors (Lipinski definition) is 1. The minimum Gasteiger partial charge on any atom is -0.310 e. The smallest absolute Gasteiger partial charge is 0.124 e. The van der Waals surface area contributed by atoms with Gasteiger partial charge in [-0.15, -0.1) is 0 Å². The lowest BCUT2D eigenvalue weighted by atomic mass is 10.2. The van der Waals surface area contributed by atoms with Gasteiger partial charge < -0.3 is 5.32 Å². The quantitative estimate of drug-likeness (QED) is 0.901. The molecule has 1 aromatic heterocycles. The molecule has 20 heavy (non-hydrogen) atoms. The Morgan fingerprint density at radius 2 is 2.10 bits per heavy atom. The Labute approximate surface area is 127 Å². The van der Waals surface area contributed by atoms with Crippen molar-refractivity contribution in [1.29, 1.82) is 0 Å². The van der Waals surface area contributed by atoms with Gasteiger partial charge in [-0.1, -0.05) is 35.8 Å². The molecule has 0 saturated carbocycles. The SMILES string of the molecule is Cc1nn(Cc2ccc(F)cc2Br)cc1CNC(C)C. The molecule has 1 heterocycles. The summed E-state index contributed by atoms with van der Waals surface area (Å²) in [5.74, 6) is -0.237. The topological polar surface area (TPSA) is 29.9 Å². The van der Waals surface area contributed by atoms with Crippen molar-refractivity contribution < 1.29 is 4.39 Å². The van der Waals surface area contributed by atoms with E-state index in [4.69, 9.17) is 0 Å². The van der Waals surface area contributed by atoms with Gasteiger partial charge in [0.1, 0.15) is 5.82 Å². The Bertz CT molecular complexity index is 593. The molecule has 3 nitrogen and oxygen atoms in total. The predicted octanol–water partition coefficient (Wildman–Crippen LogP) is 3.64. The first-order chi connectivity index (χ1) is 9.45. The van der Waals surface area contributed by atoms with E-state index in [9.17, 15) is 4.39 Å². The summed E-state index contributed by atoms with van der Waals surface area (Å²) in [5.41, 5.74) is 3.23. The van der Waals surface area contributed by atoms with Crippen molar-refractivity contribution in [2.45, 2.75) is 39.9 Å². The van der Waals surface area contributed by atoms with Crippen LogP contribution >= 0.6 is 15.9 Å². The van der Waals surface area contributed by atoms with Gasteiger partial charge in [-0.25, -0.2) is 4.39 Å². The highest BCUT2D eigenvalue weighted by molar-refractivity contribution is 9.10. The fraction of sp³-hybridized carbons (Fsp3) is 0.400. The monoisotopic (exact) mass is 339 g/mol. The van der Waals surface area contributed by atoms with Gasteiger partial charge in [0.2, 0.25) is 0 Å². The second-order valence-corrected chi connectivity index (χ2v) is 6.06. The lowest BCUT2D eigenvalue weighted by molar-refractivity contribution is 0.587. The van der Waals surface area contributed by atoms with Crippen molar-refractivity contribution in [1.82, 2.24) is 15.1 Å². The molecule has 0 radical (unpaired) electrons. The Balaban J connectivity index is 2.12. The Hall–Kier alpha value is -1.20. The van der Waals surface area contributed by atoms with Crippen LogP contribution in [0.2, 0.25) is 0 Å². The zero-order valence-electron chi connectivity index (χ0n) is 12.0. The Morgan fingerprint density at radius 1 is 1.35 bits per heavy atom. The van der Waals surface area contributed by atoms with E-state index in [1.54, 1.807) is 6.07 Å². The fourth-order valence-electron chi connectivity index (χ4n) is 1.95. The summed E-state index contributed by atoms with van der Waals surface area (Å²) in [6.45, 7) is 7.69. The molecule has 0 aliphatic carbocycles. The van der Waals surface area contributed by atoms with Crippen LogP contribution in [0.1, 0.15) is 30.7 Å². The molecular formula is C15H19BrFN3. The van der Waals surface area contributed by atoms with Gasteiger partial charge in [0.25, 0.3) is 0 Å². The molecular weight excluding hydrogens is 321 g/mol. The van der Waals surface area contributed by atoms with Gasteiger partial charge in [-0.05, 0) is 24.6 Å². The molecule has 0 atom stereocenters. The summed E-state index contributed by atoms with van der Waals surface area (Å²) >= 11 is 3.39. The van der Waals surface area contributed by atoms with E-state index >= 15 is 0 Å². The summed E-state index contributed by atoms with van der Waals surface area (Å²) in [5, 5.41) is 7.90. The van der Waals surface area contributed by atoms with E-state index in [-0.39, 0.29) is 5.82 Å². The normalized spacial score (nSPS) is 11.3. The molecule has 0 fully saturated rings. The van der Waals surface area contributed by atoms with E-state index in [1.165, 1.54) is 17.7 Å². The minimum atomic E-state index is -0.237. The van der Waals surface area contributed by atoms with Gasteiger partial charge in [-0.3, -0.25) is 4.68 Å². The van der Waals surface area contributed by atoms with Crippen molar-refractivity contribution in [3.05, 3.63) is 51.5 Å². The van der Waals surface area contributed by atoms with Crippen LogP contribution in [-0.2, 0) is 13.1 Å². The second-order valence-electron chi connectivity index (χ2n) is 5.21. The second kappa shape index (κ2) is 6.50. The minimum absolute atomic E-state index is 0.237. The largest absolute Gasteiger partial charge is 0.310 e. The maximum Gasteiger partial charge on any atom is 0.124 e. The standard InChI is InChI=1S/C15H19BrFN3/c1-10(2)18-7-13-9-20(19-11(13)3)8-12-4-5-14(17)6-15(12)16/h4-6,9-10,18H,7-8H2,1-3H3. The van der Waals surface area contributed by atoms with Crippen LogP contribution in [-0.4, -0.2) is 15.8 Å².